The predicted molar refractivity (Wildman–Crippen MR) is 90.4 cm³/mol. The zero-order valence-corrected chi connectivity index (χ0v) is 13.5. The first kappa shape index (κ1) is 14.5. The fraction of sp³-hybridized carbons (Fsp3) is 0.444. The zero-order chi connectivity index (χ0) is 16.0. The summed E-state index contributed by atoms with van der Waals surface area (Å²) in [7, 11) is 0. The lowest BCUT2D eigenvalue weighted by Gasteiger charge is -2.34. The Morgan fingerprint density at radius 2 is 2.00 bits per heavy atom. The number of hydrogen-bond donors (Lipinski definition) is 1. The summed E-state index contributed by atoms with van der Waals surface area (Å²) in [6.07, 6.45) is 1.27. The lowest BCUT2D eigenvalue weighted by Crippen LogP contribution is -2.38. The van der Waals surface area contributed by atoms with E-state index < -0.39 is 0 Å². The summed E-state index contributed by atoms with van der Waals surface area (Å²) in [4.78, 5) is 22.3. The highest BCUT2D eigenvalue weighted by atomic mass is 16.3. The van der Waals surface area contributed by atoms with Gasteiger partial charge in [0.05, 0.1) is 6.54 Å². The standard InChI is InChI=1S/C18H21N3O2/c1-11-7-12(2)9-21(8-11)10-15-19-16-13-5-3-4-6-14(13)23-17(16)18(22)20-15/h3-6,11-12H,7-10H2,1-2H3,(H,19,20,22)/t11-,12-/m0/s1. The summed E-state index contributed by atoms with van der Waals surface area (Å²) < 4.78 is 5.64. The number of likely N-dealkylation sites (tertiary alicyclic amines) is 1. The van der Waals surface area contributed by atoms with Gasteiger partial charge in [0, 0.05) is 18.5 Å². The van der Waals surface area contributed by atoms with E-state index in [1.807, 2.05) is 24.3 Å². The van der Waals surface area contributed by atoms with Crippen LogP contribution in [0.2, 0.25) is 0 Å². The second-order valence-electron chi connectivity index (χ2n) is 6.93. The van der Waals surface area contributed by atoms with Crippen molar-refractivity contribution >= 4 is 22.1 Å². The van der Waals surface area contributed by atoms with Gasteiger partial charge < -0.3 is 9.40 Å². The third-order valence-electron chi connectivity index (χ3n) is 4.60. The van der Waals surface area contributed by atoms with Gasteiger partial charge in [0.2, 0.25) is 5.58 Å². The topological polar surface area (TPSA) is 62.1 Å². The Balaban J connectivity index is 1.73. The lowest BCUT2D eigenvalue weighted by molar-refractivity contribution is 0.131. The van der Waals surface area contributed by atoms with Crippen molar-refractivity contribution in [1.29, 1.82) is 0 Å². The highest BCUT2D eigenvalue weighted by Gasteiger charge is 2.23. The number of furan rings is 1. The van der Waals surface area contributed by atoms with E-state index in [9.17, 15) is 4.79 Å². The number of fused-ring (bicyclic) bond motifs is 3. The van der Waals surface area contributed by atoms with Crippen molar-refractivity contribution in [3.05, 3.63) is 40.4 Å². The molecular weight excluding hydrogens is 290 g/mol. The molecule has 0 unspecified atom stereocenters. The third-order valence-corrected chi connectivity index (χ3v) is 4.60. The molecular formula is C18H21N3O2. The summed E-state index contributed by atoms with van der Waals surface area (Å²) in [5, 5.41) is 0.898. The molecule has 0 radical (unpaired) electrons. The number of para-hydroxylation sites is 1. The van der Waals surface area contributed by atoms with Crippen molar-refractivity contribution in [1.82, 2.24) is 14.9 Å². The molecule has 1 aromatic carbocycles. The van der Waals surface area contributed by atoms with Crippen LogP contribution in [-0.2, 0) is 6.54 Å². The minimum Gasteiger partial charge on any atom is -0.449 e. The van der Waals surface area contributed by atoms with Crippen LogP contribution >= 0.6 is 0 Å². The van der Waals surface area contributed by atoms with Crippen molar-refractivity contribution in [2.45, 2.75) is 26.8 Å². The Morgan fingerprint density at radius 3 is 2.78 bits per heavy atom. The maximum absolute atomic E-state index is 12.3. The molecule has 1 aliphatic rings. The van der Waals surface area contributed by atoms with Crippen LogP contribution in [0.1, 0.15) is 26.1 Å². The van der Waals surface area contributed by atoms with Gasteiger partial charge in [0.1, 0.15) is 16.9 Å². The van der Waals surface area contributed by atoms with Crippen LogP contribution in [0.5, 0.6) is 0 Å². The lowest BCUT2D eigenvalue weighted by atomic mass is 9.92. The number of H-pyrrole nitrogens is 1. The van der Waals surface area contributed by atoms with Gasteiger partial charge >= 0.3 is 0 Å². The van der Waals surface area contributed by atoms with Crippen LogP contribution in [0.4, 0.5) is 0 Å². The van der Waals surface area contributed by atoms with E-state index in [-0.39, 0.29) is 5.56 Å². The molecule has 5 nitrogen and oxygen atoms in total. The molecule has 120 valence electrons. The maximum atomic E-state index is 12.3. The van der Waals surface area contributed by atoms with E-state index in [1.165, 1.54) is 6.42 Å². The second kappa shape index (κ2) is 5.49. The van der Waals surface area contributed by atoms with Gasteiger partial charge in [-0.3, -0.25) is 9.69 Å². The van der Waals surface area contributed by atoms with E-state index in [1.54, 1.807) is 0 Å². The van der Waals surface area contributed by atoms with E-state index in [4.69, 9.17) is 4.42 Å². The van der Waals surface area contributed by atoms with Gasteiger partial charge in [-0.25, -0.2) is 4.98 Å². The number of hydrogen-bond acceptors (Lipinski definition) is 4. The Bertz CT molecular complexity index is 901. The van der Waals surface area contributed by atoms with Gasteiger partial charge in [-0.1, -0.05) is 26.0 Å². The Kier molecular flexibility index (Phi) is 3.45. The molecule has 2 aromatic heterocycles. The van der Waals surface area contributed by atoms with Gasteiger partial charge in [0.25, 0.3) is 5.56 Å². The van der Waals surface area contributed by atoms with Gasteiger partial charge in [-0.2, -0.15) is 0 Å². The molecule has 4 rings (SSSR count). The Hall–Kier alpha value is -2.14. The predicted octanol–water partition coefficient (Wildman–Crippen LogP) is 3.15. The third kappa shape index (κ3) is 2.65. The van der Waals surface area contributed by atoms with Crippen molar-refractivity contribution in [3.63, 3.8) is 0 Å². The molecule has 0 saturated carbocycles. The summed E-state index contributed by atoms with van der Waals surface area (Å²) in [5.74, 6) is 2.09. The largest absolute Gasteiger partial charge is 0.449 e. The first-order chi connectivity index (χ1) is 11.1. The monoisotopic (exact) mass is 311 g/mol. The number of aromatic amines is 1. The van der Waals surface area contributed by atoms with Crippen molar-refractivity contribution in [2.75, 3.05) is 13.1 Å². The number of nitrogens with zero attached hydrogens (tertiary/aromatic N) is 2. The highest BCUT2D eigenvalue weighted by molar-refractivity contribution is 6.01. The van der Waals surface area contributed by atoms with Gasteiger partial charge in [0.15, 0.2) is 0 Å². The number of benzene rings is 1. The minimum atomic E-state index is -0.195. The smallest absolute Gasteiger partial charge is 0.294 e. The second-order valence-corrected chi connectivity index (χ2v) is 6.93. The Labute approximate surface area is 134 Å². The molecule has 0 aliphatic carbocycles. The van der Waals surface area contributed by atoms with Crippen LogP contribution in [-0.4, -0.2) is 28.0 Å². The van der Waals surface area contributed by atoms with Crippen LogP contribution in [0.25, 0.3) is 22.1 Å². The van der Waals surface area contributed by atoms with Crippen LogP contribution < -0.4 is 5.56 Å². The van der Waals surface area contributed by atoms with Crippen molar-refractivity contribution < 1.29 is 4.42 Å². The number of nitrogens with one attached hydrogen (secondary N) is 1. The zero-order valence-electron chi connectivity index (χ0n) is 13.5. The molecule has 1 aliphatic heterocycles. The molecule has 1 saturated heterocycles. The van der Waals surface area contributed by atoms with Crippen molar-refractivity contribution in [3.8, 4) is 0 Å². The fourth-order valence-corrected chi connectivity index (χ4v) is 3.86. The molecule has 0 amide bonds. The first-order valence-electron chi connectivity index (χ1n) is 8.23. The van der Waals surface area contributed by atoms with E-state index in [0.717, 1.165) is 24.3 Å². The normalized spacial score (nSPS) is 22.9. The average Bonchev–Trinajstić information content (AvgIpc) is 2.86. The molecule has 3 heterocycles. The highest BCUT2D eigenvalue weighted by Crippen LogP contribution is 2.25. The average molecular weight is 311 g/mol. The van der Waals surface area contributed by atoms with Crippen LogP contribution in [0, 0.1) is 11.8 Å². The molecule has 2 atom stereocenters. The number of piperidine rings is 1. The maximum Gasteiger partial charge on any atom is 0.294 e. The van der Waals surface area contributed by atoms with E-state index >= 15 is 0 Å². The van der Waals surface area contributed by atoms with E-state index in [2.05, 4.69) is 28.7 Å². The SMILES string of the molecule is C[C@H]1C[C@H](C)CN(Cc2nc3c(oc4ccccc43)c(=O)[nH]2)C1. The van der Waals surface area contributed by atoms with Gasteiger partial charge in [-0.15, -0.1) is 0 Å². The number of rotatable bonds is 2. The quantitative estimate of drug-likeness (QED) is 0.790. The number of aromatic nitrogens is 2. The molecule has 0 bridgehead atoms. The van der Waals surface area contributed by atoms with Crippen molar-refractivity contribution in [2.24, 2.45) is 11.8 Å². The van der Waals surface area contributed by atoms with Crippen LogP contribution in [0.15, 0.2) is 33.5 Å². The molecule has 5 heteroatoms. The van der Waals surface area contributed by atoms with E-state index in [0.29, 0.717) is 35.1 Å². The molecule has 3 aromatic rings. The summed E-state index contributed by atoms with van der Waals surface area (Å²) in [5.41, 5.74) is 1.49. The molecule has 1 N–H and O–H groups in total. The first-order valence-corrected chi connectivity index (χ1v) is 8.23. The summed E-state index contributed by atoms with van der Waals surface area (Å²) >= 11 is 0. The fourth-order valence-electron chi connectivity index (χ4n) is 3.86. The molecule has 23 heavy (non-hydrogen) atoms. The molecule has 0 spiro atoms. The Morgan fingerprint density at radius 1 is 1.26 bits per heavy atom. The minimum absolute atomic E-state index is 0.195. The van der Waals surface area contributed by atoms with Crippen LogP contribution in [0.3, 0.4) is 0 Å². The summed E-state index contributed by atoms with van der Waals surface area (Å²) in [6, 6.07) is 7.65. The summed E-state index contributed by atoms with van der Waals surface area (Å²) in [6.45, 7) is 7.35. The van der Waals surface area contributed by atoms with Gasteiger partial charge in [-0.05, 0) is 30.4 Å². The molecule has 1 fully saturated rings.